The Kier molecular flexibility index (Phi) is 3.28. The minimum absolute atomic E-state index is 0.0234. The average Bonchev–Trinajstić information content (AvgIpc) is 2.44. The van der Waals surface area contributed by atoms with Gasteiger partial charge in [0.15, 0.2) is 5.69 Å². The van der Waals surface area contributed by atoms with Crippen LogP contribution < -0.4 is 17.0 Å². The van der Waals surface area contributed by atoms with Gasteiger partial charge >= 0.3 is 5.69 Å². The number of nitrogen functional groups attached to an aromatic ring is 1. The van der Waals surface area contributed by atoms with Gasteiger partial charge in [-0.25, -0.2) is 9.79 Å². The van der Waals surface area contributed by atoms with Crippen molar-refractivity contribution in [2.24, 2.45) is 19.1 Å². The average molecular weight is 259 g/mol. The normalized spacial score (nSPS) is 11.1. The van der Waals surface area contributed by atoms with Gasteiger partial charge in [0.1, 0.15) is 5.82 Å². The van der Waals surface area contributed by atoms with Crippen LogP contribution in [0.3, 0.4) is 0 Å². The second-order valence-corrected chi connectivity index (χ2v) is 3.95. The predicted octanol–water partition coefficient (Wildman–Crippen LogP) is -0.188. The Hall–Kier alpha value is -2.70. The van der Waals surface area contributed by atoms with Crippen molar-refractivity contribution in [3.8, 4) is 0 Å². The van der Waals surface area contributed by atoms with E-state index in [1.807, 2.05) is 0 Å². The second kappa shape index (κ2) is 4.89. The molecule has 0 fully saturated rings. The van der Waals surface area contributed by atoms with Crippen LogP contribution in [0, 0.1) is 0 Å². The summed E-state index contributed by atoms with van der Waals surface area (Å²) in [6, 6.07) is 5.32. The first-order chi connectivity index (χ1) is 9.02. The lowest BCUT2D eigenvalue weighted by atomic mass is 10.4. The van der Waals surface area contributed by atoms with Crippen LogP contribution in [0.5, 0.6) is 0 Å². The summed E-state index contributed by atoms with van der Waals surface area (Å²) in [5, 5.41) is 0. The molecule has 19 heavy (non-hydrogen) atoms. The first kappa shape index (κ1) is 12.7. The molecule has 0 atom stereocenters. The number of nitrogens with zero attached hydrogens (tertiary/aromatic N) is 4. The summed E-state index contributed by atoms with van der Waals surface area (Å²) in [5.41, 5.74) is 5.33. The van der Waals surface area contributed by atoms with Crippen LogP contribution in [0.4, 0.5) is 11.5 Å². The minimum Gasteiger partial charge on any atom is -0.383 e. The van der Waals surface area contributed by atoms with E-state index in [9.17, 15) is 9.59 Å². The quantitative estimate of drug-likeness (QED) is 0.756. The smallest absolute Gasteiger partial charge is 0.332 e. The van der Waals surface area contributed by atoms with E-state index < -0.39 is 11.2 Å². The van der Waals surface area contributed by atoms with Crippen LogP contribution in [0.1, 0.15) is 5.69 Å². The molecule has 7 heteroatoms. The van der Waals surface area contributed by atoms with Gasteiger partial charge in [-0.2, -0.15) is 0 Å². The van der Waals surface area contributed by atoms with Crippen molar-refractivity contribution in [2.45, 2.75) is 0 Å². The minimum atomic E-state index is -0.534. The third-order valence-electron chi connectivity index (χ3n) is 2.70. The summed E-state index contributed by atoms with van der Waals surface area (Å²) in [6.07, 6.45) is 3.04. The maximum Gasteiger partial charge on any atom is 0.332 e. The van der Waals surface area contributed by atoms with Gasteiger partial charge < -0.3 is 5.73 Å². The van der Waals surface area contributed by atoms with Crippen molar-refractivity contribution < 1.29 is 0 Å². The topological polar surface area (TPSA) is 95.3 Å². The Labute approximate surface area is 108 Å². The van der Waals surface area contributed by atoms with E-state index >= 15 is 0 Å². The van der Waals surface area contributed by atoms with Crippen molar-refractivity contribution in [1.29, 1.82) is 0 Å². The lowest BCUT2D eigenvalue weighted by Crippen LogP contribution is -2.37. The molecule has 2 aromatic rings. The van der Waals surface area contributed by atoms with Crippen LogP contribution in [0.2, 0.25) is 0 Å². The van der Waals surface area contributed by atoms with Gasteiger partial charge in [0.25, 0.3) is 5.56 Å². The Morgan fingerprint density at radius 1 is 1.26 bits per heavy atom. The molecule has 2 heterocycles. The van der Waals surface area contributed by atoms with E-state index in [0.29, 0.717) is 5.69 Å². The third-order valence-corrected chi connectivity index (χ3v) is 2.70. The van der Waals surface area contributed by atoms with Gasteiger partial charge in [-0.3, -0.25) is 18.9 Å². The van der Waals surface area contributed by atoms with E-state index in [4.69, 9.17) is 5.73 Å². The van der Waals surface area contributed by atoms with Gasteiger partial charge in [0.2, 0.25) is 0 Å². The molecule has 2 rings (SSSR count). The largest absolute Gasteiger partial charge is 0.383 e. The zero-order chi connectivity index (χ0) is 14.0. The molecule has 0 saturated heterocycles. The third kappa shape index (κ3) is 2.30. The van der Waals surface area contributed by atoms with Gasteiger partial charge in [-0.05, 0) is 12.1 Å². The Bertz CT molecular complexity index is 743. The van der Waals surface area contributed by atoms with Gasteiger partial charge in [0.05, 0.1) is 11.9 Å². The monoisotopic (exact) mass is 259 g/mol. The molecule has 0 aliphatic rings. The zero-order valence-electron chi connectivity index (χ0n) is 10.6. The molecule has 2 aromatic heterocycles. The first-order valence-electron chi connectivity index (χ1n) is 5.53. The summed E-state index contributed by atoms with van der Waals surface area (Å²) in [7, 11) is 2.86. The van der Waals surface area contributed by atoms with Crippen molar-refractivity contribution >= 4 is 17.7 Å². The SMILES string of the molecule is Cn1c(N)c(N=Cc2ccccn2)c(=O)n(C)c1=O. The molecule has 0 bridgehead atoms. The van der Waals surface area contributed by atoms with E-state index in [-0.39, 0.29) is 11.5 Å². The van der Waals surface area contributed by atoms with Crippen LogP contribution in [-0.4, -0.2) is 20.3 Å². The van der Waals surface area contributed by atoms with Crippen LogP contribution in [-0.2, 0) is 14.1 Å². The fourth-order valence-corrected chi connectivity index (χ4v) is 1.55. The molecule has 0 aromatic carbocycles. The first-order valence-corrected chi connectivity index (χ1v) is 5.53. The van der Waals surface area contributed by atoms with Crippen molar-refractivity contribution in [3.63, 3.8) is 0 Å². The van der Waals surface area contributed by atoms with Gasteiger partial charge in [0, 0.05) is 20.3 Å². The van der Waals surface area contributed by atoms with Crippen LogP contribution in [0.15, 0.2) is 39.0 Å². The maximum atomic E-state index is 11.9. The molecule has 0 amide bonds. The highest BCUT2D eigenvalue weighted by molar-refractivity contribution is 5.80. The van der Waals surface area contributed by atoms with E-state index in [1.54, 1.807) is 24.4 Å². The Morgan fingerprint density at radius 2 is 2.00 bits per heavy atom. The van der Waals surface area contributed by atoms with Crippen LogP contribution >= 0.6 is 0 Å². The Balaban J connectivity index is 2.56. The molecule has 0 aliphatic heterocycles. The molecular weight excluding hydrogens is 246 g/mol. The molecule has 7 nitrogen and oxygen atoms in total. The van der Waals surface area contributed by atoms with Gasteiger partial charge in [-0.1, -0.05) is 6.07 Å². The highest BCUT2D eigenvalue weighted by Gasteiger charge is 2.11. The number of rotatable bonds is 2. The highest BCUT2D eigenvalue weighted by atomic mass is 16.2. The lowest BCUT2D eigenvalue weighted by Gasteiger charge is -2.07. The molecule has 0 aliphatic carbocycles. The molecule has 0 radical (unpaired) electrons. The Morgan fingerprint density at radius 3 is 2.63 bits per heavy atom. The lowest BCUT2D eigenvalue weighted by molar-refractivity contribution is 0.695. The maximum absolute atomic E-state index is 11.9. The fraction of sp³-hybridized carbons (Fsp3) is 0.167. The number of pyridine rings is 1. The number of aromatic nitrogens is 3. The molecule has 2 N–H and O–H groups in total. The number of anilines is 1. The zero-order valence-corrected chi connectivity index (χ0v) is 10.6. The molecule has 0 unspecified atom stereocenters. The molecule has 0 spiro atoms. The summed E-state index contributed by atoms with van der Waals surface area (Å²) in [5.74, 6) is 0.0280. The second-order valence-electron chi connectivity index (χ2n) is 3.95. The fourth-order valence-electron chi connectivity index (χ4n) is 1.55. The van der Waals surface area contributed by atoms with Crippen molar-refractivity contribution in [2.75, 3.05) is 5.73 Å². The summed E-state index contributed by atoms with van der Waals surface area (Å²) < 4.78 is 2.13. The number of hydrogen-bond donors (Lipinski definition) is 1. The van der Waals surface area contributed by atoms with E-state index in [2.05, 4.69) is 9.98 Å². The molecule has 0 saturated carbocycles. The highest BCUT2D eigenvalue weighted by Crippen LogP contribution is 2.12. The number of nitrogens with two attached hydrogens (primary N) is 1. The van der Waals surface area contributed by atoms with Crippen molar-refractivity contribution in [3.05, 3.63) is 50.9 Å². The molecule has 98 valence electrons. The number of hydrogen-bond acceptors (Lipinski definition) is 5. The van der Waals surface area contributed by atoms with Crippen molar-refractivity contribution in [1.82, 2.24) is 14.1 Å². The summed E-state index contributed by atoms with van der Waals surface area (Å²) >= 11 is 0. The number of aliphatic imine (C=N–C) groups is 1. The summed E-state index contributed by atoms with van der Waals surface area (Å²) in [6.45, 7) is 0. The standard InChI is InChI=1S/C12H13N5O2/c1-16-10(13)9(11(18)17(2)12(16)19)15-7-8-5-3-4-6-14-8/h3-7H,13H2,1-2H3. The van der Waals surface area contributed by atoms with E-state index in [1.165, 1.54) is 24.9 Å². The summed E-state index contributed by atoms with van der Waals surface area (Å²) in [4.78, 5) is 31.6. The van der Waals surface area contributed by atoms with Crippen LogP contribution in [0.25, 0.3) is 0 Å². The van der Waals surface area contributed by atoms with E-state index in [0.717, 1.165) is 4.57 Å². The van der Waals surface area contributed by atoms with Gasteiger partial charge in [-0.15, -0.1) is 0 Å². The predicted molar refractivity (Wildman–Crippen MR) is 72.8 cm³/mol. The molecular formula is C12H13N5O2.